The third-order valence-electron chi connectivity index (χ3n) is 11.0. The number of para-hydroxylation sites is 1. The predicted octanol–water partition coefficient (Wildman–Crippen LogP) is 3.97. The van der Waals surface area contributed by atoms with Gasteiger partial charge in [0.2, 0.25) is 10.0 Å². The van der Waals surface area contributed by atoms with Crippen LogP contribution in [0.15, 0.2) is 111 Å². The lowest BCUT2D eigenvalue weighted by Gasteiger charge is -2.60. The highest BCUT2D eigenvalue weighted by atomic mass is 32.2. The summed E-state index contributed by atoms with van der Waals surface area (Å²) in [6.45, 7) is 7.69. The molecule has 45 heavy (non-hydrogen) atoms. The molecule has 9 rings (SSSR count). The molecule has 5 aliphatic rings. The van der Waals surface area contributed by atoms with E-state index in [2.05, 4.69) is 0 Å². The number of ketones is 1. The number of aryl methyl sites for hydroxylation is 1. The fourth-order valence-corrected chi connectivity index (χ4v) is 10.6. The van der Waals surface area contributed by atoms with Crippen LogP contribution in [0.3, 0.4) is 0 Å². The maximum atomic E-state index is 14.8. The highest BCUT2D eigenvalue weighted by molar-refractivity contribution is 7.89. The second kappa shape index (κ2) is 8.70. The molecule has 3 atom stereocenters. The lowest BCUT2D eigenvalue weighted by atomic mass is 9.53. The summed E-state index contributed by atoms with van der Waals surface area (Å²) in [6.07, 6.45) is 0.511. The molecule has 230 valence electrons. The van der Waals surface area contributed by atoms with Crippen LogP contribution in [0.5, 0.6) is 0 Å². The molecule has 0 N–H and O–H groups in total. The first kappa shape index (κ1) is 28.2. The lowest BCUT2D eigenvalue weighted by molar-refractivity contribution is -0.138. The molecule has 1 spiro atoms. The van der Waals surface area contributed by atoms with Crippen molar-refractivity contribution in [2.75, 3.05) is 13.1 Å². The Hall–Kier alpha value is -4.28. The Labute approximate surface area is 261 Å². The number of carbonyl (C=O) groups is 1. The first-order valence-corrected chi connectivity index (χ1v) is 16.7. The maximum absolute atomic E-state index is 14.8. The monoisotopic (exact) mass is 622 g/mol. The molecule has 4 aromatic rings. The quantitative estimate of drug-likeness (QED) is 0.321. The minimum Gasteiger partial charge on any atom is -0.298 e. The van der Waals surface area contributed by atoms with E-state index in [9.17, 15) is 22.8 Å². The molecule has 0 amide bonds. The van der Waals surface area contributed by atoms with Crippen molar-refractivity contribution in [3.8, 4) is 5.69 Å². The van der Waals surface area contributed by atoms with Gasteiger partial charge in [0.1, 0.15) is 16.9 Å². The van der Waals surface area contributed by atoms with Crippen molar-refractivity contribution in [1.82, 2.24) is 18.2 Å². The average Bonchev–Trinajstić information content (AvgIpc) is 3.65. The molecule has 4 heterocycles. The van der Waals surface area contributed by atoms with Gasteiger partial charge in [-0.1, -0.05) is 80.1 Å². The first-order chi connectivity index (χ1) is 21.3. The zero-order chi connectivity index (χ0) is 31.7. The average molecular weight is 623 g/mol. The SMILES string of the molecule is Cc1ccc(S(=O)(=O)N2CC3=C(C2)[C@]24CC(C)(C)C(=O)[C@@]2(C)C[C@]3(c2ccccc2)n2c(=O)n(-c3ccccc3)c(=O)n24)cc1. The number of benzene rings is 3. The summed E-state index contributed by atoms with van der Waals surface area (Å²) < 4.78 is 34.2. The van der Waals surface area contributed by atoms with E-state index in [1.807, 2.05) is 64.1 Å². The Balaban J connectivity index is 1.47. The maximum Gasteiger partial charge on any atom is 0.353 e. The van der Waals surface area contributed by atoms with Crippen molar-refractivity contribution in [2.24, 2.45) is 10.8 Å². The summed E-state index contributed by atoms with van der Waals surface area (Å²) in [5.41, 5.74) is -1.81. The van der Waals surface area contributed by atoms with Gasteiger partial charge in [0.05, 0.1) is 16.0 Å². The van der Waals surface area contributed by atoms with E-state index in [0.717, 1.165) is 22.3 Å². The minimum absolute atomic E-state index is 0.0137. The van der Waals surface area contributed by atoms with Crippen LogP contribution in [0, 0.1) is 17.8 Å². The van der Waals surface area contributed by atoms with Crippen molar-refractivity contribution >= 4 is 15.8 Å². The normalized spacial score (nSPS) is 28.3. The lowest BCUT2D eigenvalue weighted by Crippen LogP contribution is -2.69. The number of Topliss-reactive ketones (excluding diaryl/α,β-unsaturated/α-hetero) is 1. The number of nitrogens with zero attached hydrogens (tertiary/aromatic N) is 4. The van der Waals surface area contributed by atoms with Crippen LogP contribution in [0.4, 0.5) is 0 Å². The van der Waals surface area contributed by atoms with Gasteiger partial charge in [-0.15, -0.1) is 0 Å². The fourth-order valence-electron chi connectivity index (χ4n) is 9.18. The van der Waals surface area contributed by atoms with E-state index in [4.69, 9.17) is 0 Å². The van der Waals surface area contributed by atoms with Gasteiger partial charge in [-0.2, -0.15) is 4.31 Å². The molecule has 2 aliphatic carbocycles. The summed E-state index contributed by atoms with van der Waals surface area (Å²) >= 11 is 0. The van der Waals surface area contributed by atoms with Gasteiger partial charge < -0.3 is 0 Å². The molecule has 3 aromatic carbocycles. The summed E-state index contributed by atoms with van der Waals surface area (Å²) in [5.74, 6) is 0.0137. The van der Waals surface area contributed by atoms with Gasteiger partial charge in [0.15, 0.2) is 0 Å². The highest BCUT2D eigenvalue weighted by Gasteiger charge is 2.78. The zero-order valence-electron chi connectivity index (χ0n) is 25.6. The zero-order valence-corrected chi connectivity index (χ0v) is 26.5. The summed E-state index contributed by atoms with van der Waals surface area (Å²) in [4.78, 5) is 44.2. The van der Waals surface area contributed by atoms with E-state index >= 15 is 0 Å². The minimum atomic E-state index is -3.95. The van der Waals surface area contributed by atoms with Crippen LogP contribution in [0.1, 0.15) is 44.7 Å². The van der Waals surface area contributed by atoms with Gasteiger partial charge in [0, 0.05) is 18.5 Å². The Kier molecular flexibility index (Phi) is 5.46. The van der Waals surface area contributed by atoms with Gasteiger partial charge in [-0.25, -0.2) is 31.9 Å². The van der Waals surface area contributed by atoms with Crippen molar-refractivity contribution in [3.05, 3.63) is 128 Å². The molecule has 2 bridgehead atoms. The van der Waals surface area contributed by atoms with Crippen LogP contribution in [-0.2, 0) is 25.9 Å². The second-order valence-electron chi connectivity index (χ2n) is 13.9. The van der Waals surface area contributed by atoms with E-state index in [0.29, 0.717) is 5.69 Å². The molecular weight excluding hydrogens is 588 g/mol. The van der Waals surface area contributed by atoms with Crippen LogP contribution in [0.25, 0.3) is 5.69 Å². The molecule has 1 saturated carbocycles. The Morgan fingerprint density at radius 2 is 1.27 bits per heavy atom. The standard InChI is InChI=1S/C35H34N4O5S/c1-23-15-17-26(18-16-23)45(43,44)36-19-27-28(20-36)35-21-32(2,3)29(40)33(35,4)22-34(27,24-11-7-5-8-12-24)38-30(41)37(31(42)39(35)38)25-13-9-6-10-14-25/h5-18H,19-22H2,1-4H3/t33-,34-,35-/m1/s1. The number of carbonyl (C=O) groups excluding carboxylic acids is 1. The van der Waals surface area contributed by atoms with Crippen LogP contribution >= 0.6 is 0 Å². The van der Waals surface area contributed by atoms with Gasteiger partial charge in [-0.3, -0.25) is 4.79 Å². The van der Waals surface area contributed by atoms with Crippen molar-refractivity contribution in [2.45, 2.75) is 56.5 Å². The molecule has 1 aromatic heterocycles. The van der Waals surface area contributed by atoms with Crippen LogP contribution in [-0.4, -0.2) is 45.5 Å². The first-order valence-electron chi connectivity index (χ1n) is 15.2. The number of sulfonamides is 1. The second-order valence-corrected chi connectivity index (χ2v) is 15.8. The van der Waals surface area contributed by atoms with Gasteiger partial charge in [-0.05, 0) is 67.7 Å². The summed E-state index contributed by atoms with van der Waals surface area (Å²) in [5, 5.41) is 0. The molecule has 0 unspecified atom stereocenters. The van der Waals surface area contributed by atoms with Crippen molar-refractivity contribution in [1.29, 1.82) is 0 Å². The van der Waals surface area contributed by atoms with E-state index < -0.39 is 43.3 Å². The topological polar surface area (TPSA) is 103 Å². The Bertz CT molecular complexity index is 2200. The summed E-state index contributed by atoms with van der Waals surface area (Å²) in [6, 6.07) is 25.1. The van der Waals surface area contributed by atoms with Crippen molar-refractivity contribution < 1.29 is 13.2 Å². The number of hydrogen-bond acceptors (Lipinski definition) is 5. The van der Waals surface area contributed by atoms with Crippen LogP contribution in [0.2, 0.25) is 0 Å². The largest absolute Gasteiger partial charge is 0.353 e. The Morgan fingerprint density at radius 3 is 1.91 bits per heavy atom. The summed E-state index contributed by atoms with van der Waals surface area (Å²) in [7, 11) is -3.95. The Morgan fingerprint density at radius 1 is 0.689 bits per heavy atom. The fraction of sp³-hybridized carbons (Fsp3) is 0.343. The number of hydrogen-bond donors (Lipinski definition) is 0. The molecular formula is C35H34N4O5S. The van der Waals surface area contributed by atoms with E-state index in [1.165, 1.54) is 8.87 Å². The molecule has 0 saturated heterocycles. The van der Waals surface area contributed by atoms with E-state index in [1.54, 1.807) is 57.9 Å². The van der Waals surface area contributed by atoms with E-state index in [-0.39, 0.29) is 36.6 Å². The molecule has 0 radical (unpaired) electrons. The molecule has 9 nitrogen and oxygen atoms in total. The van der Waals surface area contributed by atoms with Crippen LogP contribution < -0.4 is 11.4 Å². The number of rotatable bonds is 4. The predicted molar refractivity (Wildman–Crippen MR) is 169 cm³/mol. The van der Waals surface area contributed by atoms with Gasteiger partial charge >= 0.3 is 11.4 Å². The molecule has 3 aliphatic heterocycles. The third kappa shape index (κ3) is 3.21. The smallest absolute Gasteiger partial charge is 0.298 e. The van der Waals surface area contributed by atoms with Crippen molar-refractivity contribution in [3.63, 3.8) is 0 Å². The molecule has 1 fully saturated rings. The highest BCUT2D eigenvalue weighted by Crippen LogP contribution is 2.71. The third-order valence-corrected chi connectivity index (χ3v) is 12.8. The number of aromatic nitrogens is 3. The molecule has 10 heteroatoms. The van der Waals surface area contributed by atoms with Gasteiger partial charge in [0.25, 0.3) is 0 Å².